The Labute approximate surface area is 97.6 Å². The molecule has 0 aliphatic carbocycles. The number of hydrogen-bond acceptors (Lipinski definition) is 4. The first-order chi connectivity index (χ1) is 6.93. The summed E-state index contributed by atoms with van der Waals surface area (Å²) in [6.45, 7) is 5.50. The Morgan fingerprint density at radius 3 is 2.53 bits per heavy atom. The van der Waals surface area contributed by atoms with E-state index in [0.717, 1.165) is 11.4 Å². The van der Waals surface area contributed by atoms with Crippen LogP contribution in [0.25, 0.3) is 0 Å². The van der Waals surface area contributed by atoms with E-state index in [0.29, 0.717) is 8.83 Å². The molecule has 1 aromatic rings. The predicted molar refractivity (Wildman–Crippen MR) is 65.1 cm³/mol. The molecule has 0 fully saturated rings. The zero-order valence-corrected chi connectivity index (χ0v) is 10.8. The number of carbonyl (C=O) groups is 1. The van der Waals surface area contributed by atoms with Crippen LogP contribution in [0.3, 0.4) is 0 Å². The van der Waals surface area contributed by atoms with Crippen LogP contribution in [0.5, 0.6) is 0 Å². The largest absolute Gasteiger partial charge is 0.330 e. The normalized spacial score (nSPS) is 9.87. The van der Waals surface area contributed by atoms with Crippen molar-refractivity contribution in [3.05, 3.63) is 14.5 Å². The molecule has 0 aliphatic rings. The number of hydrogen-bond donors (Lipinski definition) is 1. The summed E-state index contributed by atoms with van der Waals surface area (Å²) < 4.78 is 2.51. The van der Waals surface area contributed by atoms with Gasteiger partial charge in [-0.25, -0.2) is 5.43 Å². The van der Waals surface area contributed by atoms with Gasteiger partial charge < -0.3 is 4.57 Å². The fourth-order valence-corrected chi connectivity index (χ4v) is 2.20. The van der Waals surface area contributed by atoms with Gasteiger partial charge in [-0.15, -0.1) is 0 Å². The van der Waals surface area contributed by atoms with E-state index in [4.69, 9.17) is 12.2 Å². The molecule has 1 aromatic heterocycles. The van der Waals surface area contributed by atoms with Gasteiger partial charge in [-0.2, -0.15) is 5.10 Å². The molecule has 6 heteroatoms. The third-order valence-corrected chi connectivity index (χ3v) is 3.54. The summed E-state index contributed by atoms with van der Waals surface area (Å²) in [6.07, 6.45) is 0. The van der Waals surface area contributed by atoms with Crippen LogP contribution >= 0.6 is 23.6 Å². The van der Waals surface area contributed by atoms with E-state index in [1.165, 1.54) is 11.3 Å². The molecular weight excluding hydrogens is 230 g/mol. The van der Waals surface area contributed by atoms with E-state index in [1.807, 2.05) is 32.4 Å². The van der Waals surface area contributed by atoms with Gasteiger partial charge >= 0.3 is 0 Å². The lowest BCUT2D eigenvalue weighted by Crippen LogP contribution is -2.18. The quantitative estimate of drug-likeness (QED) is 0.492. The van der Waals surface area contributed by atoms with E-state index in [2.05, 4.69) is 10.5 Å². The molecule has 0 saturated heterocycles. The van der Waals surface area contributed by atoms with Gasteiger partial charge in [0.2, 0.25) is 0 Å². The standard InChI is InChI=1S/C9H13N3OS2/c1-5(2)10-11-8(13)7-6(3)12(4)9(14)15-7/h1-4H3,(H,11,13). The van der Waals surface area contributed by atoms with Gasteiger partial charge in [0, 0.05) is 18.5 Å². The van der Waals surface area contributed by atoms with Crippen LogP contribution in [0.2, 0.25) is 0 Å². The number of amides is 1. The molecule has 0 spiro atoms. The van der Waals surface area contributed by atoms with Gasteiger partial charge in [0.05, 0.1) is 0 Å². The average molecular weight is 243 g/mol. The lowest BCUT2D eigenvalue weighted by molar-refractivity contribution is 0.0957. The number of nitrogens with zero attached hydrogens (tertiary/aromatic N) is 2. The molecule has 1 N–H and O–H groups in total. The van der Waals surface area contributed by atoms with Crippen LogP contribution in [0.4, 0.5) is 0 Å². The molecule has 4 nitrogen and oxygen atoms in total. The first kappa shape index (κ1) is 12.1. The van der Waals surface area contributed by atoms with Crippen molar-refractivity contribution in [3.8, 4) is 0 Å². The molecule has 0 aromatic carbocycles. The highest BCUT2D eigenvalue weighted by atomic mass is 32.1. The lowest BCUT2D eigenvalue weighted by atomic mass is 10.4. The second-order valence-electron chi connectivity index (χ2n) is 3.34. The summed E-state index contributed by atoms with van der Waals surface area (Å²) >= 11 is 6.38. The summed E-state index contributed by atoms with van der Waals surface area (Å²) in [6, 6.07) is 0. The highest BCUT2D eigenvalue weighted by molar-refractivity contribution is 7.73. The zero-order valence-electron chi connectivity index (χ0n) is 9.12. The molecule has 1 rings (SSSR count). The molecule has 0 atom stereocenters. The molecule has 0 saturated carbocycles. The monoisotopic (exact) mass is 243 g/mol. The van der Waals surface area contributed by atoms with Gasteiger partial charge in [0.1, 0.15) is 4.88 Å². The summed E-state index contributed by atoms with van der Waals surface area (Å²) in [4.78, 5) is 12.3. The van der Waals surface area contributed by atoms with Crippen molar-refractivity contribution in [3.63, 3.8) is 0 Å². The SMILES string of the molecule is CC(C)=NNC(=O)c1sc(=S)n(C)c1C. The van der Waals surface area contributed by atoms with Crippen LogP contribution < -0.4 is 5.43 Å². The minimum Gasteiger partial charge on any atom is -0.330 e. The minimum absolute atomic E-state index is 0.203. The highest BCUT2D eigenvalue weighted by Gasteiger charge is 2.13. The first-order valence-electron chi connectivity index (χ1n) is 4.41. The highest BCUT2D eigenvalue weighted by Crippen LogP contribution is 2.17. The molecule has 0 bridgehead atoms. The summed E-state index contributed by atoms with van der Waals surface area (Å²) in [7, 11) is 1.85. The van der Waals surface area contributed by atoms with Crippen molar-refractivity contribution in [2.75, 3.05) is 0 Å². The topological polar surface area (TPSA) is 46.4 Å². The molecule has 15 heavy (non-hydrogen) atoms. The Kier molecular flexibility index (Phi) is 3.76. The van der Waals surface area contributed by atoms with E-state index < -0.39 is 0 Å². The van der Waals surface area contributed by atoms with E-state index >= 15 is 0 Å². The third kappa shape index (κ3) is 2.73. The molecule has 0 radical (unpaired) electrons. The maximum absolute atomic E-state index is 11.7. The van der Waals surface area contributed by atoms with Crippen LogP contribution in [-0.2, 0) is 7.05 Å². The Hall–Kier alpha value is -1.01. The summed E-state index contributed by atoms with van der Waals surface area (Å²) in [5.74, 6) is -0.203. The van der Waals surface area contributed by atoms with Crippen molar-refractivity contribution in [1.82, 2.24) is 9.99 Å². The second kappa shape index (κ2) is 4.67. The zero-order chi connectivity index (χ0) is 11.6. The lowest BCUT2D eigenvalue weighted by Gasteiger charge is -1.99. The van der Waals surface area contributed by atoms with Crippen molar-refractivity contribution >= 4 is 35.2 Å². The van der Waals surface area contributed by atoms with Crippen molar-refractivity contribution < 1.29 is 4.79 Å². The molecular formula is C9H13N3OS2. The van der Waals surface area contributed by atoms with E-state index in [1.54, 1.807) is 0 Å². The Bertz CT molecular complexity index is 466. The van der Waals surface area contributed by atoms with Crippen molar-refractivity contribution in [1.29, 1.82) is 0 Å². The third-order valence-electron chi connectivity index (χ3n) is 1.88. The number of thiazole rings is 1. The number of carbonyl (C=O) groups excluding carboxylic acids is 1. The van der Waals surface area contributed by atoms with E-state index in [9.17, 15) is 4.79 Å². The average Bonchev–Trinajstić information content (AvgIpc) is 2.42. The molecule has 0 aliphatic heterocycles. The van der Waals surface area contributed by atoms with Gasteiger partial charge in [0.25, 0.3) is 5.91 Å². The second-order valence-corrected chi connectivity index (χ2v) is 4.99. The maximum atomic E-state index is 11.7. The number of rotatable bonds is 2. The Morgan fingerprint density at radius 1 is 1.53 bits per heavy atom. The van der Waals surface area contributed by atoms with Crippen LogP contribution in [0.15, 0.2) is 5.10 Å². The van der Waals surface area contributed by atoms with Crippen LogP contribution in [-0.4, -0.2) is 16.2 Å². The molecule has 0 unspecified atom stereocenters. The van der Waals surface area contributed by atoms with Crippen LogP contribution in [0, 0.1) is 10.9 Å². The minimum atomic E-state index is -0.203. The first-order valence-corrected chi connectivity index (χ1v) is 5.63. The maximum Gasteiger partial charge on any atom is 0.283 e. The van der Waals surface area contributed by atoms with Gasteiger partial charge in [0.15, 0.2) is 3.95 Å². The summed E-state index contributed by atoms with van der Waals surface area (Å²) in [5, 5.41) is 3.86. The smallest absolute Gasteiger partial charge is 0.283 e. The number of hydrazone groups is 1. The Balaban J connectivity index is 2.97. The predicted octanol–water partition coefficient (Wildman–Crippen LogP) is 2.25. The Morgan fingerprint density at radius 2 is 2.13 bits per heavy atom. The number of aromatic nitrogens is 1. The fourth-order valence-electron chi connectivity index (χ4n) is 0.943. The fraction of sp³-hybridized carbons (Fsp3) is 0.444. The van der Waals surface area contributed by atoms with E-state index in [-0.39, 0.29) is 5.91 Å². The van der Waals surface area contributed by atoms with Crippen LogP contribution in [0.1, 0.15) is 29.2 Å². The van der Waals surface area contributed by atoms with Crippen molar-refractivity contribution in [2.24, 2.45) is 12.1 Å². The summed E-state index contributed by atoms with van der Waals surface area (Å²) in [5.41, 5.74) is 4.15. The molecule has 82 valence electrons. The molecule has 1 amide bonds. The van der Waals surface area contributed by atoms with Gasteiger partial charge in [-0.3, -0.25) is 4.79 Å². The number of nitrogens with one attached hydrogen (secondary N) is 1. The van der Waals surface area contributed by atoms with Gasteiger partial charge in [-0.05, 0) is 33.0 Å². The van der Waals surface area contributed by atoms with Gasteiger partial charge in [-0.1, -0.05) is 11.3 Å². The molecule has 1 heterocycles. The van der Waals surface area contributed by atoms with Crippen molar-refractivity contribution in [2.45, 2.75) is 20.8 Å².